The monoisotopic (exact) mass is 176 g/mol. The lowest BCUT2D eigenvalue weighted by Crippen LogP contribution is -1.94. The summed E-state index contributed by atoms with van der Waals surface area (Å²) in [6.45, 7) is 0. The van der Waals surface area contributed by atoms with Crippen LogP contribution in [-0.2, 0) is 0 Å². The highest BCUT2D eigenvalue weighted by Gasteiger charge is 2.06. The van der Waals surface area contributed by atoms with Crippen molar-refractivity contribution >= 4 is 22.6 Å². The molecule has 0 aliphatic rings. The van der Waals surface area contributed by atoms with Crippen molar-refractivity contribution in [2.75, 3.05) is 5.73 Å². The maximum atomic E-state index is 10.6. The zero-order valence-corrected chi connectivity index (χ0v) is 6.74. The van der Waals surface area contributed by atoms with Gasteiger partial charge in [-0.1, -0.05) is 0 Å². The molecule has 0 saturated carbocycles. The van der Waals surface area contributed by atoms with E-state index in [-0.39, 0.29) is 5.69 Å². The summed E-state index contributed by atoms with van der Waals surface area (Å²) in [6, 6.07) is 6.79. The number of hydrogen-bond donors (Lipinski definition) is 3. The molecule has 0 amide bonds. The predicted molar refractivity (Wildman–Crippen MR) is 49.7 cm³/mol. The molecule has 2 rings (SSSR count). The van der Waals surface area contributed by atoms with Gasteiger partial charge in [-0.2, -0.15) is 0 Å². The van der Waals surface area contributed by atoms with E-state index in [1.54, 1.807) is 24.3 Å². The van der Waals surface area contributed by atoms with E-state index in [1.807, 2.05) is 0 Å². The minimum absolute atomic E-state index is 0.181. The molecule has 1 heterocycles. The second-order valence-electron chi connectivity index (χ2n) is 2.83. The molecule has 13 heavy (non-hydrogen) atoms. The van der Waals surface area contributed by atoms with Crippen LogP contribution in [0.2, 0.25) is 0 Å². The Morgan fingerprint density at radius 3 is 2.85 bits per heavy atom. The number of nitrogens with two attached hydrogens (primary N) is 1. The molecule has 0 radical (unpaired) electrons. The fraction of sp³-hybridized carbons (Fsp3) is 0. The van der Waals surface area contributed by atoms with E-state index in [0.29, 0.717) is 5.69 Å². The standard InChI is InChI=1S/C9H8N2O2/c10-6-1-2-7-5(3-6)4-8(11-7)9(12)13/h1-4,11H,10H2,(H,12,13). The van der Waals surface area contributed by atoms with Crippen LogP contribution in [0, 0.1) is 0 Å². The minimum Gasteiger partial charge on any atom is -0.477 e. The maximum Gasteiger partial charge on any atom is 0.352 e. The van der Waals surface area contributed by atoms with E-state index in [1.165, 1.54) is 0 Å². The number of benzene rings is 1. The van der Waals surface area contributed by atoms with Crippen LogP contribution in [-0.4, -0.2) is 16.1 Å². The Hall–Kier alpha value is -1.97. The van der Waals surface area contributed by atoms with Crippen LogP contribution in [0.5, 0.6) is 0 Å². The summed E-state index contributed by atoms with van der Waals surface area (Å²) in [5.41, 5.74) is 7.14. The minimum atomic E-state index is -0.963. The Bertz CT molecular complexity index is 473. The average Bonchev–Trinajstić information content (AvgIpc) is 2.46. The van der Waals surface area contributed by atoms with E-state index in [4.69, 9.17) is 10.8 Å². The zero-order chi connectivity index (χ0) is 9.42. The average molecular weight is 176 g/mol. The molecule has 1 aromatic carbocycles. The van der Waals surface area contributed by atoms with Crippen LogP contribution in [0.4, 0.5) is 5.69 Å². The number of nitrogens with one attached hydrogen (secondary N) is 1. The summed E-state index contributed by atoms with van der Waals surface area (Å²) < 4.78 is 0. The quantitative estimate of drug-likeness (QED) is 0.575. The lowest BCUT2D eigenvalue weighted by atomic mass is 10.2. The normalized spacial score (nSPS) is 10.5. The van der Waals surface area contributed by atoms with Crippen molar-refractivity contribution in [1.29, 1.82) is 0 Å². The Morgan fingerprint density at radius 2 is 2.15 bits per heavy atom. The number of rotatable bonds is 1. The fourth-order valence-corrected chi connectivity index (χ4v) is 1.27. The summed E-state index contributed by atoms with van der Waals surface area (Å²) in [5.74, 6) is -0.963. The number of aromatic nitrogens is 1. The van der Waals surface area contributed by atoms with Crippen molar-refractivity contribution in [2.45, 2.75) is 0 Å². The summed E-state index contributed by atoms with van der Waals surface area (Å²) in [6.07, 6.45) is 0. The van der Waals surface area contributed by atoms with Gasteiger partial charge >= 0.3 is 5.97 Å². The van der Waals surface area contributed by atoms with Crippen LogP contribution in [0.3, 0.4) is 0 Å². The second-order valence-corrected chi connectivity index (χ2v) is 2.83. The van der Waals surface area contributed by atoms with Gasteiger partial charge in [-0.15, -0.1) is 0 Å². The molecule has 0 aliphatic carbocycles. The highest BCUT2D eigenvalue weighted by Crippen LogP contribution is 2.18. The highest BCUT2D eigenvalue weighted by atomic mass is 16.4. The molecular weight excluding hydrogens is 168 g/mol. The van der Waals surface area contributed by atoms with Gasteiger partial charge in [-0.05, 0) is 24.3 Å². The number of aromatic carboxylic acids is 1. The second kappa shape index (κ2) is 2.52. The van der Waals surface area contributed by atoms with E-state index in [0.717, 1.165) is 10.9 Å². The van der Waals surface area contributed by atoms with Crippen molar-refractivity contribution in [2.24, 2.45) is 0 Å². The molecule has 0 aliphatic heterocycles. The van der Waals surface area contributed by atoms with Crippen molar-refractivity contribution < 1.29 is 9.90 Å². The number of carbonyl (C=O) groups is 1. The Kier molecular flexibility index (Phi) is 1.48. The van der Waals surface area contributed by atoms with E-state index >= 15 is 0 Å². The first-order valence-corrected chi connectivity index (χ1v) is 3.78. The molecule has 0 atom stereocenters. The third kappa shape index (κ3) is 1.22. The molecule has 0 spiro atoms. The van der Waals surface area contributed by atoms with Crippen molar-refractivity contribution in [1.82, 2.24) is 4.98 Å². The first-order chi connectivity index (χ1) is 6.16. The summed E-state index contributed by atoms with van der Waals surface area (Å²) in [4.78, 5) is 13.4. The molecule has 4 heteroatoms. The Labute approximate surface area is 74.0 Å². The van der Waals surface area contributed by atoms with Crippen LogP contribution >= 0.6 is 0 Å². The van der Waals surface area contributed by atoms with Crippen LogP contribution in [0.1, 0.15) is 10.5 Å². The number of aromatic amines is 1. The number of anilines is 1. The lowest BCUT2D eigenvalue weighted by Gasteiger charge is -1.90. The predicted octanol–water partition coefficient (Wildman–Crippen LogP) is 1.45. The molecule has 0 unspecified atom stereocenters. The van der Waals surface area contributed by atoms with Crippen LogP contribution in [0.15, 0.2) is 24.3 Å². The van der Waals surface area contributed by atoms with Gasteiger partial charge in [0, 0.05) is 16.6 Å². The SMILES string of the molecule is Nc1ccc2[nH]c(C(=O)O)cc2c1. The maximum absolute atomic E-state index is 10.6. The van der Waals surface area contributed by atoms with Crippen molar-refractivity contribution in [3.63, 3.8) is 0 Å². The summed E-state index contributed by atoms with van der Waals surface area (Å²) >= 11 is 0. The molecule has 1 aromatic heterocycles. The number of carboxylic acids is 1. The van der Waals surface area contributed by atoms with Crippen molar-refractivity contribution in [3.05, 3.63) is 30.0 Å². The van der Waals surface area contributed by atoms with Crippen molar-refractivity contribution in [3.8, 4) is 0 Å². The van der Waals surface area contributed by atoms with Gasteiger partial charge in [0.25, 0.3) is 0 Å². The third-order valence-electron chi connectivity index (χ3n) is 1.88. The van der Waals surface area contributed by atoms with Gasteiger partial charge in [-0.3, -0.25) is 0 Å². The molecule has 4 nitrogen and oxygen atoms in total. The zero-order valence-electron chi connectivity index (χ0n) is 6.74. The largest absolute Gasteiger partial charge is 0.477 e. The molecule has 2 aromatic rings. The van der Waals surface area contributed by atoms with Gasteiger partial charge in [0.2, 0.25) is 0 Å². The number of carboxylic acid groups (broad SMARTS) is 1. The first kappa shape index (κ1) is 7.67. The van der Waals surface area contributed by atoms with Crippen LogP contribution in [0.25, 0.3) is 10.9 Å². The van der Waals surface area contributed by atoms with E-state index in [2.05, 4.69) is 4.98 Å². The Balaban J connectivity index is 2.68. The smallest absolute Gasteiger partial charge is 0.352 e. The molecule has 0 fully saturated rings. The van der Waals surface area contributed by atoms with Gasteiger partial charge in [0.15, 0.2) is 0 Å². The number of fused-ring (bicyclic) bond motifs is 1. The van der Waals surface area contributed by atoms with Gasteiger partial charge < -0.3 is 15.8 Å². The van der Waals surface area contributed by atoms with Gasteiger partial charge in [-0.25, -0.2) is 4.79 Å². The molecule has 0 saturated heterocycles. The van der Waals surface area contributed by atoms with E-state index < -0.39 is 5.97 Å². The molecule has 66 valence electrons. The molecular formula is C9H8N2O2. The third-order valence-corrected chi connectivity index (χ3v) is 1.88. The van der Waals surface area contributed by atoms with Crippen LogP contribution < -0.4 is 5.73 Å². The Morgan fingerprint density at radius 1 is 1.38 bits per heavy atom. The highest BCUT2D eigenvalue weighted by molar-refractivity contribution is 5.94. The molecule has 0 bridgehead atoms. The summed E-state index contributed by atoms with van der Waals surface area (Å²) in [5, 5.41) is 9.51. The van der Waals surface area contributed by atoms with Gasteiger partial charge in [0.05, 0.1) is 0 Å². The van der Waals surface area contributed by atoms with E-state index in [9.17, 15) is 4.79 Å². The molecule has 4 N–H and O–H groups in total. The first-order valence-electron chi connectivity index (χ1n) is 3.78. The number of hydrogen-bond acceptors (Lipinski definition) is 2. The number of nitrogen functional groups attached to an aromatic ring is 1. The summed E-state index contributed by atoms with van der Waals surface area (Å²) in [7, 11) is 0. The lowest BCUT2D eigenvalue weighted by molar-refractivity contribution is 0.0691. The fourth-order valence-electron chi connectivity index (χ4n) is 1.27. The number of H-pyrrole nitrogens is 1. The van der Waals surface area contributed by atoms with Gasteiger partial charge in [0.1, 0.15) is 5.69 Å². The topological polar surface area (TPSA) is 79.1 Å².